The molecule has 0 saturated carbocycles. The maximum atomic E-state index is 10.6. The molecule has 1 N–H and O–H groups in total. The Bertz CT molecular complexity index is 397. The summed E-state index contributed by atoms with van der Waals surface area (Å²) >= 11 is 1.44. The molecule has 0 aliphatic heterocycles. The number of carboxylic acids is 1. The monoisotopic (exact) mass is 255 g/mol. The molecule has 0 aliphatic carbocycles. The summed E-state index contributed by atoms with van der Waals surface area (Å²) in [7, 11) is 3.40. The van der Waals surface area contributed by atoms with Crippen LogP contribution in [0.2, 0.25) is 0 Å². The normalized spacial score (nSPS) is 10.6. The summed E-state index contributed by atoms with van der Waals surface area (Å²) in [6.45, 7) is 3.99. The Hall–Kier alpha value is -1.20. The highest BCUT2D eigenvalue weighted by atomic mass is 32.2. The predicted molar refractivity (Wildman–Crippen MR) is 68.6 cm³/mol. The van der Waals surface area contributed by atoms with Crippen molar-refractivity contribution in [3.8, 4) is 5.75 Å². The SMILES string of the molecule is COc1cc(C)c(SN(C)CC(=O)O)c(C)c1. The zero-order chi connectivity index (χ0) is 13.0. The van der Waals surface area contributed by atoms with Crippen LogP contribution < -0.4 is 4.74 Å². The molecule has 0 aromatic heterocycles. The van der Waals surface area contributed by atoms with E-state index in [9.17, 15) is 4.79 Å². The molecule has 4 nitrogen and oxygen atoms in total. The minimum atomic E-state index is -0.830. The number of rotatable bonds is 5. The predicted octanol–water partition coefficient (Wildman–Crippen LogP) is 2.34. The Morgan fingerprint density at radius 3 is 2.35 bits per heavy atom. The van der Waals surface area contributed by atoms with E-state index in [4.69, 9.17) is 9.84 Å². The van der Waals surface area contributed by atoms with Crippen molar-refractivity contribution < 1.29 is 14.6 Å². The van der Waals surface area contributed by atoms with E-state index in [2.05, 4.69) is 0 Å². The minimum absolute atomic E-state index is 0.00950. The van der Waals surface area contributed by atoms with Crippen LogP contribution in [-0.4, -0.2) is 36.1 Å². The Morgan fingerprint density at radius 1 is 1.41 bits per heavy atom. The van der Waals surface area contributed by atoms with Crippen molar-refractivity contribution in [2.24, 2.45) is 0 Å². The van der Waals surface area contributed by atoms with Gasteiger partial charge in [-0.2, -0.15) is 0 Å². The topological polar surface area (TPSA) is 49.8 Å². The fourth-order valence-electron chi connectivity index (χ4n) is 1.55. The van der Waals surface area contributed by atoms with Crippen molar-refractivity contribution in [2.75, 3.05) is 20.7 Å². The average molecular weight is 255 g/mol. The third kappa shape index (κ3) is 3.94. The average Bonchev–Trinajstić information content (AvgIpc) is 2.22. The number of hydrogen-bond acceptors (Lipinski definition) is 4. The smallest absolute Gasteiger partial charge is 0.318 e. The summed E-state index contributed by atoms with van der Waals surface area (Å²) < 4.78 is 6.88. The number of nitrogens with zero attached hydrogens (tertiary/aromatic N) is 1. The first-order valence-corrected chi connectivity index (χ1v) is 5.97. The van der Waals surface area contributed by atoms with Crippen LogP contribution in [0, 0.1) is 13.8 Å². The second-order valence-electron chi connectivity index (χ2n) is 3.86. The molecule has 0 radical (unpaired) electrons. The third-order valence-electron chi connectivity index (χ3n) is 2.27. The van der Waals surface area contributed by atoms with Gasteiger partial charge in [0.05, 0.1) is 7.11 Å². The van der Waals surface area contributed by atoms with E-state index in [0.29, 0.717) is 0 Å². The van der Waals surface area contributed by atoms with Crippen LogP contribution in [0.25, 0.3) is 0 Å². The molecule has 94 valence electrons. The van der Waals surface area contributed by atoms with Crippen molar-refractivity contribution >= 4 is 17.9 Å². The van der Waals surface area contributed by atoms with Crippen molar-refractivity contribution in [1.29, 1.82) is 0 Å². The summed E-state index contributed by atoms with van der Waals surface area (Å²) in [5.41, 5.74) is 2.17. The lowest BCUT2D eigenvalue weighted by atomic mass is 10.1. The van der Waals surface area contributed by atoms with E-state index in [1.807, 2.05) is 26.0 Å². The molecular weight excluding hydrogens is 238 g/mol. The molecule has 0 amide bonds. The Kier molecular flexibility index (Phi) is 4.84. The largest absolute Gasteiger partial charge is 0.497 e. The van der Waals surface area contributed by atoms with Crippen LogP contribution in [0.5, 0.6) is 5.75 Å². The summed E-state index contributed by atoms with van der Waals surface area (Å²) in [5.74, 6) is -0.00550. The fourth-order valence-corrected chi connectivity index (χ4v) is 2.44. The molecule has 0 fully saturated rings. The first kappa shape index (κ1) is 13.9. The lowest BCUT2D eigenvalue weighted by Crippen LogP contribution is -2.19. The molecular formula is C12H17NO3S. The molecule has 0 spiro atoms. The van der Waals surface area contributed by atoms with Crippen LogP contribution in [0.3, 0.4) is 0 Å². The minimum Gasteiger partial charge on any atom is -0.497 e. The Balaban J connectivity index is 2.87. The fraction of sp³-hybridized carbons (Fsp3) is 0.417. The number of aryl methyl sites for hydroxylation is 2. The highest BCUT2D eigenvalue weighted by molar-refractivity contribution is 7.97. The van der Waals surface area contributed by atoms with Gasteiger partial charge < -0.3 is 9.84 Å². The first-order chi connectivity index (χ1) is 7.93. The summed E-state index contributed by atoms with van der Waals surface area (Å²) in [4.78, 5) is 11.7. The van der Waals surface area contributed by atoms with Gasteiger partial charge in [-0.25, -0.2) is 4.31 Å². The highest BCUT2D eigenvalue weighted by Gasteiger charge is 2.11. The van der Waals surface area contributed by atoms with Gasteiger partial charge in [-0.1, -0.05) is 0 Å². The lowest BCUT2D eigenvalue weighted by Gasteiger charge is -2.17. The molecule has 0 bridgehead atoms. The van der Waals surface area contributed by atoms with Gasteiger partial charge >= 0.3 is 5.97 Å². The van der Waals surface area contributed by atoms with Crippen LogP contribution in [0.15, 0.2) is 17.0 Å². The number of benzene rings is 1. The van der Waals surface area contributed by atoms with E-state index in [1.165, 1.54) is 11.9 Å². The summed E-state index contributed by atoms with van der Waals surface area (Å²) in [6, 6.07) is 3.90. The van der Waals surface area contributed by atoms with Gasteiger partial charge in [-0.05, 0) is 56.1 Å². The van der Waals surface area contributed by atoms with Crippen molar-refractivity contribution in [1.82, 2.24) is 4.31 Å². The van der Waals surface area contributed by atoms with Crippen LogP contribution in [-0.2, 0) is 4.79 Å². The maximum absolute atomic E-state index is 10.6. The number of carboxylic acid groups (broad SMARTS) is 1. The maximum Gasteiger partial charge on any atom is 0.318 e. The summed E-state index contributed by atoms with van der Waals surface area (Å²) in [6.07, 6.45) is 0. The van der Waals surface area contributed by atoms with Crippen LogP contribution >= 0.6 is 11.9 Å². The molecule has 1 aromatic rings. The zero-order valence-electron chi connectivity index (χ0n) is 10.5. The van der Waals surface area contributed by atoms with Gasteiger partial charge in [0.1, 0.15) is 12.3 Å². The highest BCUT2D eigenvalue weighted by Crippen LogP contribution is 2.31. The van der Waals surface area contributed by atoms with Gasteiger partial charge in [-0.15, -0.1) is 0 Å². The van der Waals surface area contributed by atoms with Crippen molar-refractivity contribution in [3.05, 3.63) is 23.3 Å². The quantitative estimate of drug-likeness (QED) is 0.818. The molecule has 0 unspecified atom stereocenters. The number of aliphatic carboxylic acids is 1. The second kappa shape index (κ2) is 5.93. The molecule has 5 heteroatoms. The van der Waals surface area contributed by atoms with Gasteiger partial charge in [0, 0.05) is 4.90 Å². The van der Waals surface area contributed by atoms with E-state index in [1.54, 1.807) is 18.5 Å². The molecule has 0 atom stereocenters. The van der Waals surface area contributed by atoms with Gasteiger partial charge in [-0.3, -0.25) is 4.79 Å². The number of likely N-dealkylation sites (N-methyl/N-ethyl adjacent to an activating group) is 1. The summed E-state index contributed by atoms with van der Waals surface area (Å²) in [5, 5.41) is 8.71. The number of hydrogen-bond donors (Lipinski definition) is 1. The standard InChI is InChI=1S/C12H17NO3S/c1-8-5-10(16-4)6-9(2)12(8)17-13(3)7-11(14)15/h5-6H,7H2,1-4H3,(H,14,15). The molecule has 1 rings (SSSR count). The Morgan fingerprint density at radius 2 is 1.94 bits per heavy atom. The van der Waals surface area contributed by atoms with E-state index in [-0.39, 0.29) is 6.54 Å². The van der Waals surface area contributed by atoms with Gasteiger partial charge in [0.2, 0.25) is 0 Å². The van der Waals surface area contributed by atoms with E-state index in [0.717, 1.165) is 21.8 Å². The van der Waals surface area contributed by atoms with Crippen LogP contribution in [0.1, 0.15) is 11.1 Å². The van der Waals surface area contributed by atoms with E-state index >= 15 is 0 Å². The van der Waals surface area contributed by atoms with Gasteiger partial charge in [0.25, 0.3) is 0 Å². The van der Waals surface area contributed by atoms with Crippen molar-refractivity contribution in [2.45, 2.75) is 18.7 Å². The lowest BCUT2D eigenvalue weighted by molar-refractivity contribution is -0.136. The molecule has 0 aliphatic rings. The number of methoxy groups -OCH3 is 1. The van der Waals surface area contributed by atoms with Gasteiger partial charge in [0.15, 0.2) is 0 Å². The Labute approximate surface area is 106 Å². The first-order valence-electron chi connectivity index (χ1n) is 5.20. The van der Waals surface area contributed by atoms with Crippen LogP contribution in [0.4, 0.5) is 0 Å². The number of ether oxygens (including phenoxy) is 1. The second-order valence-corrected chi connectivity index (χ2v) is 5.08. The van der Waals surface area contributed by atoms with Crippen molar-refractivity contribution in [3.63, 3.8) is 0 Å². The number of carbonyl (C=O) groups is 1. The third-order valence-corrected chi connectivity index (χ3v) is 3.54. The van der Waals surface area contributed by atoms with E-state index < -0.39 is 5.97 Å². The molecule has 0 heterocycles. The molecule has 1 aromatic carbocycles. The molecule has 0 saturated heterocycles. The molecule has 17 heavy (non-hydrogen) atoms. The zero-order valence-corrected chi connectivity index (χ0v) is 11.3.